The van der Waals surface area contributed by atoms with Crippen molar-refractivity contribution in [2.45, 2.75) is 71.5 Å². The molecular formula is C15H31N3. The summed E-state index contributed by atoms with van der Waals surface area (Å²) < 4.78 is 0. The van der Waals surface area contributed by atoms with Crippen molar-refractivity contribution in [3.05, 3.63) is 0 Å². The molecular weight excluding hydrogens is 222 g/mol. The smallest absolute Gasteiger partial charge is 0.0220 e. The van der Waals surface area contributed by atoms with Crippen molar-refractivity contribution in [1.82, 2.24) is 15.3 Å². The number of hydrogen-bond donors (Lipinski definition) is 1. The Labute approximate surface area is 113 Å². The number of nitrogens with one attached hydrogen (secondary N) is 1. The Hall–Kier alpha value is -0.120. The second kappa shape index (κ2) is 6.36. The van der Waals surface area contributed by atoms with Crippen LogP contribution in [0.15, 0.2) is 0 Å². The summed E-state index contributed by atoms with van der Waals surface area (Å²) in [7, 11) is 0. The lowest BCUT2D eigenvalue weighted by Crippen LogP contribution is -2.53. The number of nitrogens with zero attached hydrogens (tertiary/aromatic N) is 2. The van der Waals surface area contributed by atoms with E-state index in [9.17, 15) is 0 Å². The number of hydrogen-bond acceptors (Lipinski definition) is 3. The minimum Gasteiger partial charge on any atom is -0.314 e. The zero-order chi connectivity index (χ0) is 13.1. The predicted molar refractivity (Wildman–Crippen MR) is 77.4 cm³/mol. The minimum atomic E-state index is 0.617. The first-order valence-electron chi connectivity index (χ1n) is 7.84. The molecule has 1 N–H and O–H groups in total. The molecule has 2 fully saturated rings. The van der Waals surface area contributed by atoms with E-state index in [4.69, 9.17) is 0 Å². The van der Waals surface area contributed by atoms with Crippen LogP contribution in [0.25, 0.3) is 0 Å². The first kappa shape index (κ1) is 14.3. The SMILES string of the molecule is CC(C)NCC1CCN(N2C(C)CCCC2C)C1. The molecule has 106 valence electrons. The average Bonchev–Trinajstić information content (AvgIpc) is 2.75. The van der Waals surface area contributed by atoms with E-state index in [-0.39, 0.29) is 0 Å². The van der Waals surface area contributed by atoms with Gasteiger partial charge < -0.3 is 5.32 Å². The van der Waals surface area contributed by atoms with Crippen molar-refractivity contribution in [2.75, 3.05) is 19.6 Å². The largest absolute Gasteiger partial charge is 0.314 e. The van der Waals surface area contributed by atoms with Crippen LogP contribution in [0.2, 0.25) is 0 Å². The fraction of sp³-hybridized carbons (Fsp3) is 1.00. The van der Waals surface area contributed by atoms with Crippen molar-refractivity contribution in [2.24, 2.45) is 5.92 Å². The van der Waals surface area contributed by atoms with E-state index in [1.807, 2.05) is 0 Å². The van der Waals surface area contributed by atoms with Crippen LogP contribution in [0, 0.1) is 5.92 Å². The quantitative estimate of drug-likeness (QED) is 0.830. The van der Waals surface area contributed by atoms with Gasteiger partial charge in [-0.15, -0.1) is 0 Å². The zero-order valence-corrected chi connectivity index (χ0v) is 12.7. The van der Waals surface area contributed by atoms with Gasteiger partial charge in [-0.3, -0.25) is 0 Å². The van der Waals surface area contributed by atoms with E-state index in [0.717, 1.165) is 18.0 Å². The molecule has 3 atom stereocenters. The Balaban J connectivity index is 1.83. The van der Waals surface area contributed by atoms with Gasteiger partial charge in [-0.2, -0.15) is 0 Å². The van der Waals surface area contributed by atoms with E-state index in [1.165, 1.54) is 45.3 Å². The summed E-state index contributed by atoms with van der Waals surface area (Å²) in [6, 6.07) is 2.10. The fourth-order valence-electron chi connectivity index (χ4n) is 3.56. The summed E-state index contributed by atoms with van der Waals surface area (Å²) in [5, 5.41) is 8.91. The Morgan fingerprint density at radius 3 is 2.39 bits per heavy atom. The topological polar surface area (TPSA) is 18.5 Å². The molecule has 0 amide bonds. The lowest BCUT2D eigenvalue weighted by molar-refractivity contribution is -0.0914. The third-order valence-corrected chi connectivity index (χ3v) is 4.55. The van der Waals surface area contributed by atoms with Gasteiger partial charge in [-0.05, 0) is 45.6 Å². The van der Waals surface area contributed by atoms with Crippen LogP contribution < -0.4 is 5.32 Å². The lowest BCUT2D eigenvalue weighted by atomic mass is 9.99. The van der Waals surface area contributed by atoms with Gasteiger partial charge in [0.1, 0.15) is 0 Å². The van der Waals surface area contributed by atoms with Crippen molar-refractivity contribution < 1.29 is 0 Å². The molecule has 0 radical (unpaired) electrons. The molecule has 18 heavy (non-hydrogen) atoms. The monoisotopic (exact) mass is 253 g/mol. The Bertz CT molecular complexity index is 244. The van der Waals surface area contributed by atoms with Gasteiger partial charge in [0.25, 0.3) is 0 Å². The fourth-order valence-corrected chi connectivity index (χ4v) is 3.56. The van der Waals surface area contributed by atoms with Gasteiger partial charge in [0, 0.05) is 31.2 Å². The Morgan fingerprint density at radius 2 is 1.78 bits per heavy atom. The molecule has 0 bridgehead atoms. The predicted octanol–water partition coefficient (Wildman–Crippen LogP) is 2.48. The Morgan fingerprint density at radius 1 is 1.11 bits per heavy atom. The van der Waals surface area contributed by atoms with Crippen LogP contribution in [0.3, 0.4) is 0 Å². The van der Waals surface area contributed by atoms with Crippen LogP contribution in [0.4, 0.5) is 0 Å². The maximum Gasteiger partial charge on any atom is 0.0220 e. The lowest BCUT2D eigenvalue weighted by Gasteiger charge is -2.44. The maximum absolute atomic E-state index is 3.59. The molecule has 3 heteroatoms. The summed E-state index contributed by atoms with van der Waals surface area (Å²) in [6.45, 7) is 13.0. The second-order valence-corrected chi connectivity index (χ2v) is 6.64. The highest BCUT2D eigenvalue weighted by Crippen LogP contribution is 2.28. The Kier molecular flexibility index (Phi) is 5.05. The molecule has 2 rings (SSSR count). The highest BCUT2D eigenvalue weighted by Gasteiger charge is 2.33. The van der Waals surface area contributed by atoms with Gasteiger partial charge in [-0.1, -0.05) is 20.3 Å². The van der Waals surface area contributed by atoms with Crippen LogP contribution in [-0.4, -0.2) is 47.8 Å². The van der Waals surface area contributed by atoms with Crippen molar-refractivity contribution in [1.29, 1.82) is 0 Å². The number of hydrazine groups is 1. The van der Waals surface area contributed by atoms with Crippen molar-refractivity contribution in [3.63, 3.8) is 0 Å². The molecule has 0 aromatic rings. The van der Waals surface area contributed by atoms with Crippen molar-refractivity contribution in [3.8, 4) is 0 Å². The van der Waals surface area contributed by atoms with Gasteiger partial charge in [0.15, 0.2) is 0 Å². The third-order valence-electron chi connectivity index (χ3n) is 4.55. The van der Waals surface area contributed by atoms with E-state index in [2.05, 4.69) is 43.0 Å². The van der Waals surface area contributed by atoms with Crippen LogP contribution in [-0.2, 0) is 0 Å². The molecule has 2 saturated heterocycles. The molecule has 2 heterocycles. The summed E-state index contributed by atoms with van der Waals surface area (Å²) in [5.41, 5.74) is 0. The molecule has 3 unspecified atom stereocenters. The standard InChI is InChI=1S/C15H31N3/c1-12(2)16-10-15-8-9-17(11-15)18-13(3)6-5-7-14(18)4/h12-16H,5-11H2,1-4H3. The van der Waals surface area contributed by atoms with E-state index in [0.29, 0.717) is 6.04 Å². The molecule has 0 spiro atoms. The van der Waals surface area contributed by atoms with Crippen LogP contribution >= 0.6 is 0 Å². The van der Waals surface area contributed by atoms with Gasteiger partial charge >= 0.3 is 0 Å². The normalized spacial score (nSPS) is 35.5. The van der Waals surface area contributed by atoms with E-state index >= 15 is 0 Å². The molecule has 0 saturated carbocycles. The third kappa shape index (κ3) is 3.46. The highest BCUT2D eigenvalue weighted by molar-refractivity contribution is 4.83. The summed E-state index contributed by atoms with van der Waals surface area (Å²) in [5.74, 6) is 0.841. The number of rotatable bonds is 4. The van der Waals surface area contributed by atoms with Gasteiger partial charge in [-0.25, -0.2) is 10.0 Å². The van der Waals surface area contributed by atoms with Gasteiger partial charge in [0.05, 0.1) is 0 Å². The average molecular weight is 253 g/mol. The minimum absolute atomic E-state index is 0.617. The zero-order valence-electron chi connectivity index (χ0n) is 12.7. The first-order valence-corrected chi connectivity index (χ1v) is 7.84. The molecule has 0 aromatic carbocycles. The van der Waals surface area contributed by atoms with Crippen molar-refractivity contribution >= 4 is 0 Å². The van der Waals surface area contributed by atoms with E-state index < -0.39 is 0 Å². The number of piperidine rings is 1. The second-order valence-electron chi connectivity index (χ2n) is 6.64. The molecule has 3 nitrogen and oxygen atoms in total. The first-order chi connectivity index (χ1) is 8.58. The molecule has 2 aliphatic heterocycles. The highest BCUT2D eigenvalue weighted by atomic mass is 15.7. The van der Waals surface area contributed by atoms with E-state index in [1.54, 1.807) is 0 Å². The molecule has 0 aromatic heterocycles. The molecule has 2 aliphatic rings. The van der Waals surface area contributed by atoms with Crippen LogP contribution in [0.1, 0.15) is 53.4 Å². The maximum atomic E-state index is 3.59. The summed E-state index contributed by atoms with van der Waals surface area (Å²) in [6.07, 6.45) is 5.51. The summed E-state index contributed by atoms with van der Waals surface area (Å²) >= 11 is 0. The van der Waals surface area contributed by atoms with Crippen LogP contribution in [0.5, 0.6) is 0 Å². The summed E-state index contributed by atoms with van der Waals surface area (Å²) in [4.78, 5) is 0. The molecule has 0 aliphatic carbocycles. The van der Waals surface area contributed by atoms with Gasteiger partial charge in [0.2, 0.25) is 0 Å².